The molecule has 1 fully saturated rings. The summed E-state index contributed by atoms with van der Waals surface area (Å²) in [6, 6.07) is 6.74. The van der Waals surface area contributed by atoms with Gasteiger partial charge in [0.05, 0.1) is 6.54 Å². The molecule has 1 atom stereocenters. The highest BCUT2D eigenvalue weighted by atomic mass is 16.2. The summed E-state index contributed by atoms with van der Waals surface area (Å²) in [5.41, 5.74) is 6.77. The minimum atomic E-state index is -0.596. The normalized spacial score (nSPS) is 16.7. The number of piperidine rings is 1. The Bertz CT molecular complexity index is 682. The molecule has 0 bridgehead atoms. The van der Waals surface area contributed by atoms with Crippen molar-refractivity contribution in [3.8, 4) is 0 Å². The van der Waals surface area contributed by atoms with Crippen LogP contribution in [-0.2, 0) is 9.59 Å². The monoisotopic (exact) mass is 374 g/mol. The zero-order chi connectivity index (χ0) is 20.0. The first kappa shape index (κ1) is 20.9. The number of aryl methyl sites for hydroxylation is 1. The topological polar surface area (TPSA) is 105 Å². The van der Waals surface area contributed by atoms with Crippen molar-refractivity contribution in [3.63, 3.8) is 0 Å². The molecule has 0 aromatic heterocycles. The largest absolute Gasteiger partial charge is 0.369 e. The van der Waals surface area contributed by atoms with Crippen molar-refractivity contribution >= 4 is 17.7 Å². The third kappa shape index (κ3) is 6.36. The van der Waals surface area contributed by atoms with Crippen LogP contribution in [0.2, 0.25) is 0 Å². The molecule has 3 amide bonds. The molecule has 1 heterocycles. The van der Waals surface area contributed by atoms with Crippen LogP contribution in [-0.4, -0.2) is 54.3 Å². The van der Waals surface area contributed by atoms with Gasteiger partial charge in [-0.25, -0.2) is 0 Å². The molecular formula is C20H30N4O3. The van der Waals surface area contributed by atoms with E-state index in [1.165, 1.54) is 0 Å². The average molecular weight is 374 g/mol. The maximum absolute atomic E-state index is 12.7. The van der Waals surface area contributed by atoms with E-state index in [2.05, 4.69) is 10.6 Å². The summed E-state index contributed by atoms with van der Waals surface area (Å²) in [7, 11) is 0. The summed E-state index contributed by atoms with van der Waals surface area (Å²) < 4.78 is 0. The Morgan fingerprint density at radius 1 is 1.22 bits per heavy atom. The molecule has 4 N–H and O–H groups in total. The molecule has 0 saturated carbocycles. The number of likely N-dealkylation sites (tertiary alicyclic amines) is 1. The van der Waals surface area contributed by atoms with E-state index in [1.54, 1.807) is 12.1 Å². The van der Waals surface area contributed by atoms with Crippen LogP contribution in [0.5, 0.6) is 0 Å². The van der Waals surface area contributed by atoms with Crippen molar-refractivity contribution in [2.45, 2.75) is 45.7 Å². The maximum atomic E-state index is 12.7. The van der Waals surface area contributed by atoms with E-state index in [0.29, 0.717) is 5.56 Å². The molecule has 1 unspecified atom stereocenters. The Morgan fingerprint density at radius 2 is 1.89 bits per heavy atom. The summed E-state index contributed by atoms with van der Waals surface area (Å²) in [4.78, 5) is 38.2. The Balaban J connectivity index is 1.91. The molecule has 27 heavy (non-hydrogen) atoms. The second-order valence-electron chi connectivity index (χ2n) is 7.59. The summed E-state index contributed by atoms with van der Waals surface area (Å²) in [6.07, 6.45) is 1.52. The van der Waals surface area contributed by atoms with Crippen LogP contribution >= 0.6 is 0 Å². The summed E-state index contributed by atoms with van der Waals surface area (Å²) in [5.74, 6) is -0.784. The fourth-order valence-electron chi connectivity index (χ4n) is 3.29. The Kier molecular flexibility index (Phi) is 7.36. The number of hydrogen-bond donors (Lipinski definition) is 3. The van der Waals surface area contributed by atoms with Crippen molar-refractivity contribution in [1.82, 2.24) is 15.5 Å². The van der Waals surface area contributed by atoms with E-state index in [4.69, 9.17) is 5.73 Å². The smallest absolute Gasteiger partial charge is 0.251 e. The Morgan fingerprint density at radius 3 is 2.44 bits per heavy atom. The van der Waals surface area contributed by atoms with E-state index in [0.717, 1.165) is 31.5 Å². The first-order valence-corrected chi connectivity index (χ1v) is 9.45. The quantitative estimate of drug-likeness (QED) is 0.657. The van der Waals surface area contributed by atoms with Crippen LogP contribution in [0.4, 0.5) is 0 Å². The predicted octanol–water partition coefficient (Wildman–Crippen LogP) is 0.815. The molecule has 0 radical (unpaired) electrons. The van der Waals surface area contributed by atoms with Gasteiger partial charge in [0.25, 0.3) is 5.91 Å². The van der Waals surface area contributed by atoms with Gasteiger partial charge in [-0.1, -0.05) is 31.5 Å². The first-order valence-electron chi connectivity index (χ1n) is 9.45. The lowest BCUT2D eigenvalue weighted by atomic mass is 10.00. The Labute approximate surface area is 160 Å². The van der Waals surface area contributed by atoms with Gasteiger partial charge >= 0.3 is 0 Å². The van der Waals surface area contributed by atoms with Crippen molar-refractivity contribution in [2.75, 3.05) is 19.6 Å². The molecule has 7 nitrogen and oxygen atoms in total. The number of amides is 3. The molecule has 1 aromatic carbocycles. The van der Waals surface area contributed by atoms with Crippen molar-refractivity contribution < 1.29 is 14.4 Å². The molecule has 1 aliphatic rings. The standard InChI is InChI=1S/C20H30N4O3/c1-13(2)18(23-19(26)15-6-4-5-14(3)11-15)20(27)22-16-7-9-24(10-8-16)12-17(21)25/h4-6,11,13,16,18H,7-10,12H2,1-3H3,(H2,21,25)(H,22,27)(H,23,26). The molecule has 1 aromatic rings. The van der Waals surface area contributed by atoms with E-state index in [-0.39, 0.29) is 36.2 Å². The van der Waals surface area contributed by atoms with Crippen molar-refractivity contribution in [1.29, 1.82) is 0 Å². The summed E-state index contributed by atoms with van der Waals surface area (Å²) in [5, 5.41) is 5.91. The van der Waals surface area contributed by atoms with Crippen LogP contribution in [0.1, 0.15) is 42.6 Å². The zero-order valence-corrected chi connectivity index (χ0v) is 16.3. The highest BCUT2D eigenvalue weighted by molar-refractivity contribution is 5.97. The van der Waals surface area contributed by atoms with Crippen LogP contribution in [0.25, 0.3) is 0 Å². The first-order chi connectivity index (χ1) is 12.8. The van der Waals surface area contributed by atoms with Crippen LogP contribution in [0, 0.1) is 12.8 Å². The minimum Gasteiger partial charge on any atom is -0.369 e. The van der Waals surface area contributed by atoms with E-state index in [1.807, 2.05) is 37.8 Å². The number of nitrogens with zero attached hydrogens (tertiary/aromatic N) is 1. The van der Waals surface area contributed by atoms with Gasteiger partial charge in [0.2, 0.25) is 11.8 Å². The number of carbonyl (C=O) groups is 3. The fourth-order valence-corrected chi connectivity index (χ4v) is 3.29. The lowest BCUT2D eigenvalue weighted by molar-refractivity contribution is -0.125. The predicted molar refractivity (Wildman–Crippen MR) is 104 cm³/mol. The maximum Gasteiger partial charge on any atom is 0.251 e. The molecule has 7 heteroatoms. The number of primary amides is 1. The molecule has 2 rings (SSSR count). The molecule has 1 aliphatic heterocycles. The molecule has 0 aliphatic carbocycles. The van der Waals surface area contributed by atoms with Gasteiger partial charge in [0, 0.05) is 24.7 Å². The highest BCUT2D eigenvalue weighted by Gasteiger charge is 2.28. The van der Waals surface area contributed by atoms with Gasteiger partial charge in [-0.3, -0.25) is 19.3 Å². The van der Waals surface area contributed by atoms with Crippen LogP contribution in [0.15, 0.2) is 24.3 Å². The van der Waals surface area contributed by atoms with Gasteiger partial charge in [-0.05, 0) is 37.8 Å². The van der Waals surface area contributed by atoms with Crippen molar-refractivity contribution in [2.24, 2.45) is 11.7 Å². The third-order valence-corrected chi connectivity index (χ3v) is 4.83. The molecule has 0 spiro atoms. The number of rotatable bonds is 7. The zero-order valence-electron chi connectivity index (χ0n) is 16.3. The number of carbonyl (C=O) groups excluding carboxylic acids is 3. The van der Waals surface area contributed by atoms with Crippen LogP contribution < -0.4 is 16.4 Å². The van der Waals surface area contributed by atoms with Crippen LogP contribution in [0.3, 0.4) is 0 Å². The SMILES string of the molecule is Cc1cccc(C(=O)NC(C(=O)NC2CCN(CC(N)=O)CC2)C(C)C)c1. The summed E-state index contributed by atoms with van der Waals surface area (Å²) in [6.45, 7) is 7.44. The van der Waals surface area contributed by atoms with Gasteiger partial charge in [0.1, 0.15) is 6.04 Å². The van der Waals surface area contributed by atoms with Crippen molar-refractivity contribution in [3.05, 3.63) is 35.4 Å². The number of hydrogen-bond acceptors (Lipinski definition) is 4. The summed E-state index contributed by atoms with van der Waals surface area (Å²) >= 11 is 0. The molecule has 1 saturated heterocycles. The van der Waals surface area contributed by atoms with E-state index >= 15 is 0 Å². The molecule has 148 valence electrons. The average Bonchev–Trinajstić information content (AvgIpc) is 2.60. The fraction of sp³-hybridized carbons (Fsp3) is 0.550. The third-order valence-electron chi connectivity index (χ3n) is 4.83. The highest BCUT2D eigenvalue weighted by Crippen LogP contribution is 2.12. The minimum absolute atomic E-state index is 0.0336. The van der Waals surface area contributed by atoms with E-state index in [9.17, 15) is 14.4 Å². The van der Waals surface area contributed by atoms with Gasteiger partial charge < -0.3 is 16.4 Å². The Hall–Kier alpha value is -2.41. The number of nitrogens with two attached hydrogens (primary N) is 1. The lowest BCUT2D eigenvalue weighted by Gasteiger charge is -2.33. The second kappa shape index (κ2) is 9.50. The number of nitrogens with one attached hydrogen (secondary N) is 2. The number of benzene rings is 1. The van der Waals surface area contributed by atoms with Gasteiger partial charge in [-0.2, -0.15) is 0 Å². The second-order valence-corrected chi connectivity index (χ2v) is 7.59. The van der Waals surface area contributed by atoms with E-state index < -0.39 is 6.04 Å². The lowest BCUT2D eigenvalue weighted by Crippen LogP contribution is -2.54. The van der Waals surface area contributed by atoms with Gasteiger partial charge in [-0.15, -0.1) is 0 Å². The molecular weight excluding hydrogens is 344 g/mol. The van der Waals surface area contributed by atoms with Gasteiger partial charge in [0.15, 0.2) is 0 Å².